The summed E-state index contributed by atoms with van der Waals surface area (Å²) in [5.74, 6) is -6.39. The molecule has 0 radical (unpaired) electrons. The van der Waals surface area contributed by atoms with Gasteiger partial charge in [-0.2, -0.15) is 0 Å². The van der Waals surface area contributed by atoms with Gasteiger partial charge in [-0.1, -0.05) is 30.4 Å². The number of rotatable bonds is 5. The Morgan fingerprint density at radius 1 is 1.03 bits per heavy atom. The van der Waals surface area contributed by atoms with Crippen molar-refractivity contribution in [2.45, 2.75) is 47.1 Å². The molecule has 4 N–H and O–H groups in total. The first-order valence-electron chi connectivity index (χ1n) is 11.5. The third-order valence-electron chi connectivity index (χ3n) is 7.48. The van der Waals surface area contributed by atoms with E-state index in [1.807, 2.05) is 0 Å². The summed E-state index contributed by atoms with van der Waals surface area (Å²) in [5.41, 5.74) is -3.74. The molecule has 7 heteroatoms. The van der Waals surface area contributed by atoms with E-state index in [-0.39, 0.29) is 22.4 Å². The normalized spacial score (nSPS) is 32.4. The van der Waals surface area contributed by atoms with Gasteiger partial charge in [-0.3, -0.25) is 14.4 Å². The predicted octanol–water partition coefficient (Wildman–Crippen LogP) is 4.19. The number of carbonyl (C=O) groups is 3. The van der Waals surface area contributed by atoms with Crippen LogP contribution < -0.4 is 0 Å². The smallest absolute Gasteiger partial charge is 0.178 e. The first-order valence-corrected chi connectivity index (χ1v) is 11.5. The Hall–Kier alpha value is -3.45. The Labute approximate surface area is 204 Å². The van der Waals surface area contributed by atoms with Crippen molar-refractivity contribution in [1.29, 1.82) is 0 Å². The molecule has 0 aromatic heterocycles. The minimum absolute atomic E-state index is 0.0903. The third-order valence-corrected chi connectivity index (χ3v) is 7.48. The minimum atomic E-state index is -2.13. The molecule has 5 atom stereocenters. The number of aromatic hydroxyl groups is 2. The fourth-order valence-electron chi connectivity index (χ4n) is 5.66. The van der Waals surface area contributed by atoms with E-state index in [1.54, 1.807) is 45.1 Å². The lowest BCUT2D eigenvalue weighted by Gasteiger charge is -2.57. The molecule has 0 saturated heterocycles. The van der Waals surface area contributed by atoms with Gasteiger partial charge in [0, 0.05) is 28.9 Å². The van der Waals surface area contributed by atoms with Crippen LogP contribution in [0.3, 0.4) is 0 Å². The van der Waals surface area contributed by atoms with Gasteiger partial charge >= 0.3 is 0 Å². The number of hydrogen-bond acceptors (Lipinski definition) is 7. The lowest BCUT2D eigenvalue weighted by molar-refractivity contribution is -0.176. The number of ketones is 3. The SMILES string of the molecule is C/C=C/C=C/C(O)=C1\C(=O)[C@]2(C)C(=O)[C@@](C)(O)[C@H]1[C@H](C(=O)c1cc(C)c(O)c(C)c1O)[C@H]2/C=C/C. The molecular weight excluding hydrogens is 448 g/mol. The highest BCUT2D eigenvalue weighted by atomic mass is 16.3. The molecule has 3 aliphatic carbocycles. The summed E-state index contributed by atoms with van der Waals surface area (Å²) < 4.78 is 0. The highest BCUT2D eigenvalue weighted by Gasteiger charge is 2.72. The van der Waals surface area contributed by atoms with Gasteiger partial charge in [0.1, 0.15) is 22.9 Å². The molecule has 3 aliphatic rings. The number of phenols is 2. The van der Waals surface area contributed by atoms with Gasteiger partial charge in [-0.05, 0) is 59.2 Å². The molecule has 35 heavy (non-hydrogen) atoms. The Balaban J connectivity index is 2.37. The molecule has 3 fully saturated rings. The van der Waals surface area contributed by atoms with Crippen LogP contribution in [0.1, 0.15) is 49.2 Å². The van der Waals surface area contributed by atoms with E-state index in [2.05, 4.69) is 0 Å². The summed E-state index contributed by atoms with van der Waals surface area (Å²) >= 11 is 0. The summed E-state index contributed by atoms with van der Waals surface area (Å²) in [7, 11) is 0. The zero-order chi connectivity index (χ0) is 26.5. The largest absolute Gasteiger partial charge is 0.508 e. The second kappa shape index (κ2) is 8.96. The van der Waals surface area contributed by atoms with Crippen LogP contribution in [0, 0.1) is 37.0 Å². The van der Waals surface area contributed by atoms with Gasteiger partial charge in [-0.15, -0.1) is 0 Å². The van der Waals surface area contributed by atoms with Gasteiger partial charge in [0.2, 0.25) is 0 Å². The maximum absolute atomic E-state index is 14.0. The van der Waals surface area contributed by atoms with Crippen molar-refractivity contribution in [1.82, 2.24) is 0 Å². The lowest BCUT2D eigenvalue weighted by atomic mass is 9.43. The van der Waals surface area contributed by atoms with Crippen molar-refractivity contribution < 1.29 is 34.8 Å². The second-order valence-electron chi connectivity index (χ2n) is 9.67. The van der Waals surface area contributed by atoms with Crippen molar-refractivity contribution in [3.05, 3.63) is 70.5 Å². The Morgan fingerprint density at radius 3 is 2.23 bits per heavy atom. The summed E-state index contributed by atoms with van der Waals surface area (Å²) in [6.45, 7) is 9.18. The molecule has 0 heterocycles. The van der Waals surface area contributed by atoms with Gasteiger partial charge in [0.25, 0.3) is 0 Å². The number of aryl methyl sites for hydroxylation is 1. The number of phenolic OH excluding ortho intramolecular Hbond substituents is 2. The molecule has 0 unspecified atom stereocenters. The van der Waals surface area contributed by atoms with E-state index in [1.165, 1.54) is 39.0 Å². The first kappa shape index (κ1) is 26.2. The molecule has 2 bridgehead atoms. The fourth-order valence-corrected chi connectivity index (χ4v) is 5.66. The lowest BCUT2D eigenvalue weighted by Crippen LogP contribution is -2.71. The maximum atomic E-state index is 14.0. The molecule has 7 nitrogen and oxygen atoms in total. The van der Waals surface area contributed by atoms with Crippen molar-refractivity contribution in [3.8, 4) is 11.5 Å². The molecule has 1 aromatic carbocycles. The molecule has 1 aromatic rings. The number of hydrogen-bond donors (Lipinski definition) is 4. The zero-order valence-corrected chi connectivity index (χ0v) is 20.8. The molecule has 0 aliphatic heterocycles. The maximum Gasteiger partial charge on any atom is 0.178 e. The van der Waals surface area contributed by atoms with Crippen LogP contribution in [-0.4, -0.2) is 43.4 Å². The highest BCUT2D eigenvalue weighted by Crippen LogP contribution is 2.60. The average Bonchev–Trinajstić information content (AvgIpc) is 2.80. The number of benzene rings is 1. The summed E-state index contributed by atoms with van der Waals surface area (Å²) in [5, 5.41) is 43.2. The van der Waals surface area contributed by atoms with Crippen molar-refractivity contribution in [3.63, 3.8) is 0 Å². The number of allylic oxidation sites excluding steroid dienone is 6. The summed E-state index contributed by atoms with van der Waals surface area (Å²) in [6, 6.07) is 1.35. The number of aliphatic hydroxyl groups is 2. The zero-order valence-electron chi connectivity index (χ0n) is 20.8. The van der Waals surface area contributed by atoms with E-state index in [0.717, 1.165) is 0 Å². The molecule has 3 saturated carbocycles. The van der Waals surface area contributed by atoms with Crippen LogP contribution in [-0.2, 0) is 9.59 Å². The Morgan fingerprint density at radius 2 is 1.66 bits per heavy atom. The van der Waals surface area contributed by atoms with Crippen molar-refractivity contribution in [2.75, 3.05) is 0 Å². The second-order valence-corrected chi connectivity index (χ2v) is 9.67. The molecule has 4 rings (SSSR count). The van der Waals surface area contributed by atoms with Gasteiger partial charge < -0.3 is 20.4 Å². The van der Waals surface area contributed by atoms with Crippen LogP contribution in [0.2, 0.25) is 0 Å². The number of carbonyl (C=O) groups excluding carboxylic acids is 3. The molecule has 186 valence electrons. The average molecular weight is 481 g/mol. The van der Waals surface area contributed by atoms with Crippen LogP contribution >= 0.6 is 0 Å². The Bertz CT molecular complexity index is 1230. The van der Waals surface area contributed by atoms with Gasteiger partial charge in [0.15, 0.2) is 17.3 Å². The summed E-state index contributed by atoms with van der Waals surface area (Å²) in [6.07, 6.45) is 9.39. The number of Topliss-reactive ketones (excluding diaryl/α,β-unsaturated/α-hetero) is 3. The topological polar surface area (TPSA) is 132 Å². The predicted molar refractivity (Wildman–Crippen MR) is 131 cm³/mol. The van der Waals surface area contributed by atoms with Gasteiger partial charge in [-0.25, -0.2) is 0 Å². The van der Waals surface area contributed by atoms with Crippen LogP contribution in [0.15, 0.2) is 53.9 Å². The first-order chi connectivity index (χ1) is 16.3. The number of aliphatic hydroxyl groups excluding tert-OH is 1. The third kappa shape index (κ3) is 3.65. The summed E-state index contributed by atoms with van der Waals surface area (Å²) in [4.78, 5) is 41.1. The molecular formula is C28H32O7. The van der Waals surface area contributed by atoms with E-state index >= 15 is 0 Å². The van der Waals surface area contributed by atoms with Crippen LogP contribution in [0.4, 0.5) is 0 Å². The highest BCUT2D eigenvalue weighted by molar-refractivity contribution is 6.23. The fraction of sp³-hybridized carbons (Fsp3) is 0.393. The van der Waals surface area contributed by atoms with E-state index in [0.29, 0.717) is 5.56 Å². The van der Waals surface area contributed by atoms with Gasteiger partial charge in [0.05, 0.1) is 11.0 Å². The van der Waals surface area contributed by atoms with E-state index in [4.69, 9.17) is 0 Å². The standard InChI is InChI=1S/C28H32O7/c1-7-9-10-12-18(29)20-21-19(24(32)16-13-14(3)22(30)15(4)23(16)31)17(11-8-2)27(5,25(20)33)26(34)28(21,6)35/h7-13,17,19,21,29-31,35H,1-6H3/b9-7+,11-8+,12-10+,20-18+/t17-,19-,21+,27-,28+/m1/s1. The van der Waals surface area contributed by atoms with Crippen LogP contribution in [0.5, 0.6) is 11.5 Å². The van der Waals surface area contributed by atoms with E-state index < -0.39 is 57.6 Å². The van der Waals surface area contributed by atoms with Crippen molar-refractivity contribution >= 4 is 17.3 Å². The van der Waals surface area contributed by atoms with Crippen LogP contribution in [0.25, 0.3) is 0 Å². The molecule has 0 amide bonds. The van der Waals surface area contributed by atoms with E-state index in [9.17, 15) is 34.8 Å². The molecule has 0 spiro atoms. The quantitative estimate of drug-likeness (QED) is 0.124. The monoisotopic (exact) mass is 480 g/mol. The minimum Gasteiger partial charge on any atom is -0.508 e. The van der Waals surface area contributed by atoms with Crippen molar-refractivity contribution in [2.24, 2.45) is 23.2 Å². The number of fused-ring (bicyclic) bond motifs is 3. The Kier molecular flexibility index (Phi) is 6.70.